The van der Waals surface area contributed by atoms with Crippen LogP contribution in [0.1, 0.15) is 16.7 Å². The van der Waals surface area contributed by atoms with Gasteiger partial charge in [-0.2, -0.15) is 0 Å². The van der Waals surface area contributed by atoms with Crippen molar-refractivity contribution in [2.24, 2.45) is 0 Å². The number of ether oxygens (including phenoxy) is 1. The van der Waals surface area contributed by atoms with Crippen molar-refractivity contribution in [3.05, 3.63) is 57.1 Å². The van der Waals surface area contributed by atoms with E-state index in [9.17, 15) is 0 Å². The third kappa shape index (κ3) is 3.38. The number of aryl methyl sites for hydroxylation is 2. The van der Waals surface area contributed by atoms with Gasteiger partial charge in [-0.3, -0.25) is 0 Å². The van der Waals surface area contributed by atoms with Crippen LogP contribution in [0.5, 0.6) is 5.75 Å². The molecule has 0 bridgehead atoms. The summed E-state index contributed by atoms with van der Waals surface area (Å²) in [6.45, 7) is 4.65. The van der Waals surface area contributed by atoms with Gasteiger partial charge in [0.2, 0.25) is 0 Å². The van der Waals surface area contributed by atoms with E-state index in [1.54, 1.807) is 7.11 Å². The van der Waals surface area contributed by atoms with E-state index < -0.39 is 0 Å². The standard InChI is InChI=1S/C16H17Cl2NO/c1-10-7-14(18)15(8-13(10)17)19-9-12-4-5-16(20-3)11(2)6-12/h4-8,19H,9H2,1-3H3. The molecule has 2 aromatic rings. The second-order valence-electron chi connectivity index (χ2n) is 4.74. The molecule has 0 radical (unpaired) electrons. The Kier molecular flexibility index (Phi) is 4.79. The van der Waals surface area contributed by atoms with Crippen molar-refractivity contribution in [2.45, 2.75) is 20.4 Å². The molecule has 2 nitrogen and oxygen atoms in total. The molecule has 1 N–H and O–H groups in total. The van der Waals surface area contributed by atoms with Gasteiger partial charge in [0.1, 0.15) is 5.75 Å². The van der Waals surface area contributed by atoms with Crippen molar-refractivity contribution >= 4 is 28.9 Å². The van der Waals surface area contributed by atoms with Gasteiger partial charge in [-0.25, -0.2) is 0 Å². The van der Waals surface area contributed by atoms with Crippen molar-refractivity contribution in [3.63, 3.8) is 0 Å². The maximum absolute atomic E-state index is 6.21. The van der Waals surface area contributed by atoms with Crippen molar-refractivity contribution in [3.8, 4) is 5.75 Å². The lowest BCUT2D eigenvalue weighted by Crippen LogP contribution is -2.01. The molecule has 0 amide bonds. The Bertz CT molecular complexity index is 626. The lowest BCUT2D eigenvalue weighted by molar-refractivity contribution is 0.411. The Morgan fingerprint density at radius 3 is 2.40 bits per heavy atom. The van der Waals surface area contributed by atoms with Gasteiger partial charge in [0.15, 0.2) is 0 Å². The van der Waals surface area contributed by atoms with E-state index in [-0.39, 0.29) is 0 Å². The molecule has 0 spiro atoms. The molecule has 2 aromatic carbocycles. The summed E-state index contributed by atoms with van der Waals surface area (Å²) in [5, 5.41) is 4.69. The van der Waals surface area contributed by atoms with E-state index in [0.29, 0.717) is 16.6 Å². The van der Waals surface area contributed by atoms with Gasteiger partial charge < -0.3 is 10.1 Å². The molecule has 0 heterocycles. The van der Waals surface area contributed by atoms with E-state index in [4.69, 9.17) is 27.9 Å². The molecule has 0 aliphatic carbocycles. The first kappa shape index (κ1) is 15.0. The molecule has 20 heavy (non-hydrogen) atoms. The van der Waals surface area contributed by atoms with Gasteiger partial charge >= 0.3 is 0 Å². The Balaban J connectivity index is 2.13. The first-order valence-corrected chi connectivity index (χ1v) is 7.10. The van der Waals surface area contributed by atoms with Gasteiger partial charge in [-0.05, 0) is 48.7 Å². The molecular weight excluding hydrogens is 293 g/mol. The first-order valence-electron chi connectivity index (χ1n) is 6.34. The third-order valence-corrected chi connectivity index (χ3v) is 3.91. The zero-order valence-electron chi connectivity index (χ0n) is 11.8. The summed E-state index contributed by atoms with van der Waals surface area (Å²) in [6.07, 6.45) is 0. The topological polar surface area (TPSA) is 21.3 Å². The molecule has 0 aliphatic rings. The van der Waals surface area contributed by atoms with Gasteiger partial charge in [-0.1, -0.05) is 35.3 Å². The second-order valence-corrected chi connectivity index (χ2v) is 5.55. The van der Waals surface area contributed by atoms with Crippen LogP contribution in [0.15, 0.2) is 30.3 Å². The average molecular weight is 310 g/mol. The zero-order chi connectivity index (χ0) is 14.7. The lowest BCUT2D eigenvalue weighted by Gasteiger charge is -2.12. The first-order chi connectivity index (χ1) is 9.51. The predicted octanol–water partition coefficient (Wildman–Crippen LogP) is 5.23. The summed E-state index contributed by atoms with van der Waals surface area (Å²) in [5.41, 5.74) is 4.09. The van der Waals surface area contributed by atoms with Crippen LogP contribution in [0.25, 0.3) is 0 Å². The fourth-order valence-electron chi connectivity index (χ4n) is 2.03. The molecule has 0 unspecified atom stereocenters. The summed E-state index contributed by atoms with van der Waals surface area (Å²) >= 11 is 12.3. The number of rotatable bonds is 4. The normalized spacial score (nSPS) is 10.4. The van der Waals surface area contributed by atoms with Crippen molar-refractivity contribution in [1.29, 1.82) is 0 Å². The Labute approximate surface area is 129 Å². The summed E-state index contributed by atoms with van der Waals surface area (Å²) in [7, 11) is 1.67. The minimum Gasteiger partial charge on any atom is -0.496 e. The maximum Gasteiger partial charge on any atom is 0.121 e. The second kappa shape index (κ2) is 6.38. The van der Waals surface area contributed by atoms with Crippen LogP contribution in [0.2, 0.25) is 10.0 Å². The number of anilines is 1. The number of nitrogens with one attached hydrogen (secondary N) is 1. The summed E-state index contributed by atoms with van der Waals surface area (Å²) in [4.78, 5) is 0. The van der Waals surface area contributed by atoms with Crippen molar-refractivity contribution in [1.82, 2.24) is 0 Å². The predicted molar refractivity (Wildman–Crippen MR) is 86.3 cm³/mol. The molecule has 0 aromatic heterocycles. The van der Waals surface area contributed by atoms with Gasteiger partial charge in [0, 0.05) is 11.6 Å². The molecule has 0 saturated heterocycles. The van der Waals surface area contributed by atoms with E-state index in [1.807, 2.05) is 38.1 Å². The van der Waals surface area contributed by atoms with Gasteiger partial charge in [0.25, 0.3) is 0 Å². The fraction of sp³-hybridized carbons (Fsp3) is 0.250. The average Bonchev–Trinajstić information content (AvgIpc) is 2.41. The van der Waals surface area contributed by atoms with Crippen LogP contribution in [0.3, 0.4) is 0 Å². The van der Waals surface area contributed by atoms with Crippen LogP contribution in [-0.2, 0) is 6.54 Å². The Morgan fingerprint density at radius 1 is 1.00 bits per heavy atom. The van der Waals surface area contributed by atoms with Crippen LogP contribution in [0, 0.1) is 13.8 Å². The molecule has 106 valence electrons. The SMILES string of the molecule is COc1ccc(CNc2cc(Cl)c(C)cc2Cl)cc1C. The van der Waals surface area contributed by atoms with E-state index in [2.05, 4.69) is 11.4 Å². The molecule has 0 aliphatic heterocycles. The number of halogens is 2. The third-order valence-electron chi connectivity index (χ3n) is 3.19. The number of methoxy groups -OCH3 is 1. The lowest BCUT2D eigenvalue weighted by atomic mass is 10.1. The smallest absolute Gasteiger partial charge is 0.121 e. The summed E-state index contributed by atoms with van der Waals surface area (Å²) in [5.74, 6) is 0.894. The maximum atomic E-state index is 6.21. The fourth-order valence-corrected chi connectivity index (χ4v) is 2.48. The minimum atomic E-state index is 0.678. The summed E-state index contributed by atoms with van der Waals surface area (Å²) < 4.78 is 5.25. The molecule has 2 rings (SSSR count). The molecular formula is C16H17Cl2NO. The Hall–Kier alpha value is -1.38. The zero-order valence-corrected chi connectivity index (χ0v) is 13.3. The molecule has 0 fully saturated rings. The van der Waals surface area contributed by atoms with Crippen LogP contribution >= 0.6 is 23.2 Å². The van der Waals surface area contributed by atoms with E-state index in [0.717, 1.165) is 28.1 Å². The van der Waals surface area contributed by atoms with Crippen LogP contribution in [-0.4, -0.2) is 7.11 Å². The van der Waals surface area contributed by atoms with Crippen LogP contribution < -0.4 is 10.1 Å². The number of hydrogen-bond acceptors (Lipinski definition) is 2. The monoisotopic (exact) mass is 309 g/mol. The van der Waals surface area contributed by atoms with Gasteiger partial charge in [0.05, 0.1) is 17.8 Å². The Morgan fingerprint density at radius 2 is 1.75 bits per heavy atom. The number of hydrogen-bond donors (Lipinski definition) is 1. The van der Waals surface area contributed by atoms with E-state index in [1.165, 1.54) is 0 Å². The highest BCUT2D eigenvalue weighted by atomic mass is 35.5. The minimum absolute atomic E-state index is 0.678. The molecule has 0 saturated carbocycles. The highest BCUT2D eigenvalue weighted by molar-refractivity contribution is 6.35. The highest BCUT2D eigenvalue weighted by Gasteiger charge is 2.05. The van der Waals surface area contributed by atoms with E-state index >= 15 is 0 Å². The van der Waals surface area contributed by atoms with Gasteiger partial charge in [-0.15, -0.1) is 0 Å². The summed E-state index contributed by atoms with van der Waals surface area (Å²) in [6, 6.07) is 9.81. The molecule has 0 atom stereocenters. The van der Waals surface area contributed by atoms with Crippen LogP contribution in [0.4, 0.5) is 5.69 Å². The number of benzene rings is 2. The molecule has 4 heteroatoms. The van der Waals surface area contributed by atoms with Crippen molar-refractivity contribution < 1.29 is 4.74 Å². The quantitative estimate of drug-likeness (QED) is 0.835. The largest absolute Gasteiger partial charge is 0.496 e. The highest BCUT2D eigenvalue weighted by Crippen LogP contribution is 2.29. The van der Waals surface area contributed by atoms with Crippen molar-refractivity contribution in [2.75, 3.05) is 12.4 Å².